The number of nitrogens with zero attached hydrogens (tertiary/aromatic N) is 4. The Hall–Kier alpha value is -3.16. The lowest BCUT2D eigenvalue weighted by Gasteiger charge is -2.32. The van der Waals surface area contributed by atoms with E-state index in [4.69, 9.17) is 4.42 Å². The summed E-state index contributed by atoms with van der Waals surface area (Å²) in [5, 5.41) is 2.98. The van der Waals surface area contributed by atoms with Gasteiger partial charge in [-0.25, -0.2) is 9.97 Å². The van der Waals surface area contributed by atoms with E-state index in [2.05, 4.69) is 15.3 Å². The molecule has 3 aromatic heterocycles. The molecule has 8 heteroatoms. The molecule has 1 saturated heterocycles. The van der Waals surface area contributed by atoms with Crippen molar-refractivity contribution in [2.24, 2.45) is 13.0 Å². The molecule has 0 spiro atoms. The first-order valence-corrected chi connectivity index (χ1v) is 9.50. The molecule has 28 heavy (non-hydrogen) atoms. The zero-order valence-electron chi connectivity index (χ0n) is 15.8. The molecule has 4 rings (SSSR count). The molecule has 1 aliphatic rings. The molecule has 0 aromatic carbocycles. The third-order valence-electron chi connectivity index (χ3n) is 5.15. The highest BCUT2D eigenvalue weighted by atomic mass is 16.3. The van der Waals surface area contributed by atoms with Crippen molar-refractivity contribution in [1.29, 1.82) is 0 Å². The van der Waals surface area contributed by atoms with E-state index in [-0.39, 0.29) is 17.4 Å². The maximum absolute atomic E-state index is 12.8. The first kappa shape index (κ1) is 18.2. The number of furan rings is 1. The normalized spacial score (nSPS) is 17.0. The van der Waals surface area contributed by atoms with Crippen LogP contribution in [0, 0.1) is 5.92 Å². The molecular formula is C20H23N5O3. The summed E-state index contributed by atoms with van der Waals surface area (Å²) in [7, 11) is 1.70. The fourth-order valence-electron chi connectivity index (χ4n) is 3.64. The number of piperidine rings is 1. The van der Waals surface area contributed by atoms with E-state index in [0.717, 1.165) is 18.6 Å². The van der Waals surface area contributed by atoms with Crippen molar-refractivity contribution in [2.75, 3.05) is 24.5 Å². The van der Waals surface area contributed by atoms with Gasteiger partial charge in [0, 0.05) is 39.3 Å². The van der Waals surface area contributed by atoms with Crippen LogP contribution in [0.2, 0.25) is 0 Å². The average molecular weight is 381 g/mol. The van der Waals surface area contributed by atoms with E-state index in [0.29, 0.717) is 43.0 Å². The van der Waals surface area contributed by atoms with Crippen molar-refractivity contribution >= 4 is 22.9 Å². The molecule has 1 fully saturated rings. The van der Waals surface area contributed by atoms with Gasteiger partial charge in [0.15, 0.2) is 11.5 Å². The van der Waals surface area contributed by atoms with Crippen LogP contribution in [0.4, 0.5) is 5.82 Å². The van der Waals surface area contributed by atoms with Gasteiger partial charge in [-0.15, -0.1) is 0 Å². The summed E-state index contributed by atoms with van der Waals surface area (Å²) in [6, 6.07) is 7.37. The highest BCUT2D eigenvalue weighted by Crippen LogP contribution is 2.21. The Morgan fingerprint density at radius 3 is 3.07 bits per heavy atom. The number of hydrogen-bond donors (Lipinski definition) is 1. The Bertz CT molecular complexity index is 1030. The molecule has 0 aliphatic carbocycles. The second-order valence-electron chi connectivity index (χ2n) is 7.05. The smallest absolute Gasteiger partial charge is 0.294 e. The summed E-state index contributed by atoms with van der Waals surface area (Å²) < 4.78 is 6.80. The zero-order valence-corrected chi connectivity index (χ0v) is 15.8. The van der Waals surface area contributed by atoms with Crippen LogP contribution in [0.25, 0.3) is 11.2 Å². The minimum Gasteiger partial charge on any atom is -0.469 e. The lowest BCUT2D eigenvalue weighted by Crippen LogP contribution is -2.45. The first-order valence-electron chi connectivity index (χ1n) is 9.50. The number of aromatic nitrogens is 3. The number of hydrogen-bond acceptors (Lipinski definition) is 6. The fourth-order valence-corrected chi connectivity index (χ4v) is 3.64. The number of nitrogens with one attached hydrogen (secondary N) is 1. The van der Waals surface area contributed by atoms with E-state index in [1.54, 1.807) is 25.6 Å². The number of rotatable bonds is 5. The molecule has 0 unspecified atom stereocenters. The molecule has 1 N–H and O–H groups in total. The summed E-state index contributed by atoms with van der Waals surface area (Å²) in [6.07, 6.45) is 5.58. The van der Waals surface area contributed by atoms with Gasteiger partial charge in [-0.05, 0) is 37.1 Å². The lowest BCUT2D eigenvalue weighted by atomic mass is 9.97. The van der Waals surface area contributed by atoms with Crippen LogP contribution in [-0.2, 0) is 18.3 Å². The van der Waals surface area contributed by atoms with Crippen LogP contribution >= 0.6 is 0 Å². The molecule has 8 nitrogen and oxygen atoms in total. The second-order valence-corrected chi connectivity index (χ2v) is 7.05. The van der Waals surface area contributed by atoms with Gasteiger partial charge >= 0.3 is 0 Å². The molecule has 3 aromatic rings. The van der Waals surface area contributed by atoms with Crippen molar-refractivity contribution < 1.29 is 9.21 Å². The van der Waals surface area contributed by atoms with Crippen molar-refractivity contribution in [3.63, 3.8) is 0 Å². The van der Waals surface area contributed by atoms with Gasteiger partial charge in [-0.2, -0.15) is 0 Å². The summed E-state index contributed by atoms with van der Waals surface area (Å²) in [5.41, 5.74) is 1.04. The lowest BCUT2D eigenvalue weighted by molar-refractivity contribution is -0.125. The number of pyridine rings is 1. The van der Waals surface area contributed by atoms with E-state index in [1.807, 2.05) is 23.1 Å². The predicted octanol–water partition coefficient (Wildman–Crippen LogP) is 1.50. The molecule has 146 valence electrons. The third kappa shape index (κ3) is 3.62. The molecule has 1 atom stereocenters. The molecule has 4 heterocycles. The first-order chi connectivity index (χ1) is 13.6. The highest BCUT2D eigenvalue weighted by Gasteiger charge is 2.28. The maximum Gasteiger partial charge on any atom is 0.294 e. The van der Waals surface area contributed by atoms with E-state index in [9.17, 15) is 9.59 Å². The molecule has 1 amide bonds. The van der Waals surface area contributed by atoms with Gasteiger partial charge < -0.3 is 14.6 Å². The van der Waals surface area contributed by atoms with Crippen molar-refractivity contribution in [2.45, 2.75) is 19.3 Å². The Morgan fingerprint density at radius 2 is 2.25 bits per heavy atom. The van der Waals surface area contributed by atoms with Crippen molar-refractivity contribution in [3.8, 4) is 0 Å². The molecule has 0 radical (unpaired) electrons. The zero-order chi connectivity index (χ0) is 19.5. The number of aryl methyl sites for hydroxylation is 1. The van der Waals surface area contributed by atoms with Crippen LogP contribution in [0.15, 0.2) is 45.9 Å². The Morgan fingerprint density at radius 1 is 1.36 bits per heavy atom. The summed E-state index contributed by atoms with van der Waals surface area (Å²) in [5.74, 6) is 1.08. The van der Waals surface area contributed by atoms with Crippen LogP contribution in [0.5, 0.6) is 0 Å². The van der Waals surface area contributed by atoms with Gasteiger partial charge in [0.05, 0.1) is 12.2 Å². The molecular weight excluding hydrogens is 358 g/mol. The topological polar surface area (TPSA) is 93.3 Å². The number of fused-ring (bicyclic) bond motifs is 1. The minimum absolute atomic E-state index is 0.00976. The summed E-state index contributed by atoms with van der Waals surface area (Å²) in [4.78, 5) is 36.1. The van der Waals surface area contributed by atoms with E-state index in [1.165, 1.54) is 4.57 Å². The second kappa shape index (κ2) is 7.84. The Kier molecular flexibility index (Phi) is 5.10. The van der Waals surface area contributed by atoms with Crippen LogP contribution in [0.1, 0.15) is 18.6 Å². The largest absolute Gasteiger partial charge is 0.469 e. The van der Waals surface area contributed by atoms with Gasteiger partial charge in [-0.3, -0.25) is 14.2 Å². The van der Waals surface area contributed by atoms with Crippen LogP contribution in [0.3, 0.4) is 0 Å². The van der Waals surface area contributed by atoms with Gasteiger partial charge in [-0.1, -0.05) is 0 Å². The summed E-state index contributed by atoms with van der Waals surface area (Å²) >= 11 is 0. The quantitative estimate of drug-likeness (QED) is 0.720. The highest BCUT2D eigenvalue weighted by molar-refractivity contribution is 5.79. The number of carbonyl (C=O) groups is 1. The number of carbonyl (C=O) groups excluding carboxylic acids is 1. The Balaban J connectivity index is 1.46. The molecule has 0 saturated carbocycles. The van der Waals surface area contributed by atoms with Gasteiger partial charge in [0.1, 0.15) is 11.3 Å². The van der Waals surface area contributed by atoms with Gasteiger partial charge in [0.25, 0.3) is 5.56 Å². The minimum atomic E-state index is -0.190. The fraction of sp³-hybridized carbons (Fsp3) is 0.400. The SMILES string of the molecule is Cn1c(=O)c(N2CCC[C@@H](C(=O)NCCc3ccco3)C2)nc2cccnc21. The average Bonchev–Trinajstić information content (AvgIpc) is 3.24. The molecule has 1 aliphatic heterocycles. The van der Waals surface area contributed by atoms with E-state index >= 15 is 0 Å². The van der Waals surface area contributed by atoms with Crippen molar-refractivity contribution in [3.05, 3.63) is 52.8 Å². The van der Waals surface area contributed by atoms with Gasteiger partial charge in [0.2, 0.25) is 5.91 Å². The molecule has 0 bridgehead atoms. The van der Waals surface area contributed by atoms with Crippen LogP contribution < -0.4 is 15.8 Å². The Labute approximate surface area is 162 Å². The van der Waals surface area contributed by atoms with Crippen LogP contribution in [-0.4, -0.2) is 40.1 Å². The predicted molar refractivity (Wildman–Crippen MR) is 105 cm³/mol. The third-order valence-corrected chi connectivity index (χ3v) is 5.15. The monoisotopic (exact) mass is 381 g/mol. The summed E-state index contributed by atoms with van der Waals surface area (Å²) in [6.45, 7) is 1.73. The van der Waals surface area contributed by atoms with Crippen molar-refractivity contribution in [1.82, 2.24) is 19.9 Å². The number of amides is 1. The maximum atomic E-state index is 12.8. The number of anilines is 1. The van der Waals surface area contributed by atoms with E-state index < -0.39 is 0 Å². The standard InChI is InChI=1S/C20H23N5O3/c1-24-17-16(7-2-9-21-17)23-18(20(24)27)25-11-3-5-14(13-25)19(26)22-10-8-15-6-4-12-28-15/h2,4,6-7,9,12,14H,3,5,8,10-11,13H2,1H3,(H,22,26)/t14-/m1/s1.